The van der Waals surface area contributed by atoms with E-state index in [9.17, 15) is 9.59 Å². The number of rotatable bonds is 5. The minimum atomic E-state index is -1.03. The molecule has 1 fully saturated rings. The standard InChI is InChI=1S/C12H19N3O6/c1-6-9(5-19-7(2)16)21-12(20-8(3)17)11(18-4)10(6)14-15-13/h6,9-12H,5H2,1-4H3/t6-,9?,10-,11?,12?/m0/s1. The van der Waals surface area contributed by atoms with Crippen molar-refractivity contribution in [2.45, 2.75) is 45.3 Å². The van der Waals surface area contributed by atoms with Gasteiger partial charge in [0.2, 0.25) is 6.29 Å². The van der Waals surface area contributed by atoms with E-state index in [0.717, 1.165) is 0 Å². The predicted octanol–water partition coefficient (Wildman–Crippen LogP) is 1.17. The fourth-order valence-corrected chi connectivity index (χ4v) is 2.18. The third kappa shape index (κ3) is 4.59. The van der Waals surface area contributed by atoms with Gasteiger partial charge in [-0.2, -0.15) is 0 Å². The molecule has 21 heavy (non-hydrogen) atoms. The Kier molecular flexibility index (Phi) is 6.41. The lowest BCUT2D eigenvalue weighted by atomic mass is 9.89. The molecule has 0 amide bonds. The number of esters is 2. The van der Waals surface area contributed by atoms with E-state index in [4.69, 9.17) is 24.5 Å². The number of methoxy groups -OCH3 is 1. The SMILES string of the molecule is COC1C(OC(C)=O)OC(COC(C)=O)[C@H](C)[C@@H]1N=[N+]=[N-]. The van der Waals surface area contributed by atoms with Crippen LogP contribution < -0.4 is 0 Å². The zero-order valence-corrected chi connectivity index (χ0v) is 12.4. The molecule has 1 heterocycles. The molecule has 1 aliphatic heterocycles. The van der Waals surface area contributed by atoms with Gasteiger partial charge in [-0.05, 0) is 11.4 Å². The van der Waals surface area contributed by atoms with Gasteiger partial charge in [0.05, 0.1) is 12.1 Å². The van der Waals surface area contributed by atoms with Crippen LogP contribution in [0.4, 0.5) is 0 Å². The molecule has 1 rings (SSSR count). The third-order valence-corrected chi connectivity index (χ3v) is 3.23. The zero-order chi connectivity index (χ0) is 16.0. The Morgan fingerprint density at radius 1 is 1.33 bits per heavy atom. The molecule has 0 N–H and O–H groups in total. The van der Waals surface area contributed by atoms with Crippen LogP contribution in [0.15, 0.2) is 5.11 Å². The van der Waals surface area contributed by atoms with Crippen molar-refractivity contribution in [1.82, 2.24) is 0 Å². The summed E-state index contributed by atoms with van der Waals surface area (Å²) in [7, 11) is 1.41. The number of carbonyl (C=O) groups excluding carboxylic acids is 2. The summed E-state index contributed by atoms with van der Waals surface area (Å²) in [5, 5.41) is 3.70. The van der Waals surface area contributed by atoms with Crippen LogP contribution in [-0.4, -0.2) is 50.2 Å². The first-order valence-corrected chi connectivity index (χ1v) is 6.43. The van der Waals surface area contributed by atoms with Crippen LogP contribution in [0, 0.1) is 5.92 Å². The van der Waals surface area contributed by atoms with E-state index < -0.39 is 36.5 Å². The first kappa shape index (κ1) is 17.2. The maximum Gasteiger partial charge on any atom is 0.305 e. The van der Waals surface area contributed by atoms with Crippen molar-refractivity contribution >= 4 is 11.9 Å². The van der Waals surface area contributed by atoms with Crippen molar-refractivity contribution in [3.63, 3.8) is 0 Å². The van der Waals surface area contributed by atoms with Crippen molar-refractivity contribution in [2.24, 2.45) is 11.0 Å². The number of azide groups is 1. The van der Waals surface area contributed by atoms with Crippen molar-refractivity contribution in [3.05, 3.63) is 10.4 Å². The van der Waals surface area contributed by atoms with Gasteiger partial charge in [0.15, 0.2) is 0 Å². The Morgan fingerprint density at radius 3 is 2.48 bits per heavy atom. The summed E-state index contributed by atoms with van der Waals surface area (Å²) < 4.78 is 20.8. The van der Waals surface area contributed by atoms with Gasteiger partial charge in [0, 0.05) is 25.9 Å². The minimum absolute atomic E-state index is 0.0256. The quantitative estimate of drug-likeness (QED) is 0.325. The van der Waals surface area contributed by atoms with Gasteiger partial charge < -0.3 is 18.9 Å². The highest BCUT2D eigenvalue weighted by Gasteiger charge is 2.45. The average Bonchev–Trinajstić information content (AvgIpc) is 2.40. The first-order chi connectivity index (χ1) is 9.90. The molecule has 9 nitrogen and oxygen atoms in total. The number of hydrogen-bond donors (Lipinski definition) is 0. The molecule has 0 bridgehead atoms. The number of hydrogen-bond acceptors (Lipinski definition) is 7. The molecule has 9 heteroatoms. The molecular weight excluding hydrogens is 282 g/mol. The van der Waals surface area contributed by atoms with E-state index in [1.165, 1.54) is 21.0 Å². The topological polar surface area (TPSA) is 120 Å². The summed E-state index contributed by atoms with van der Waals surface area (Å²) in [6.45, 7) is 4.27. The first-order valence-electron chi connectivity index (χ1n) is 6.43. The number of carbonyl (C=O) groups is 2. The summed E-state index contributed by atoms with van der Waals surface area (Å²) in [5.41, 5.74) is 8.69. The van der Waals surface area contributed by atoms with Crippen LogP contribution in [0.1, 0.15) is 20.8 Å². The monoisotopic (exact) mass is 301 g/mol. The molecule has 1 saturated heterocycles. The van der Waals surface area contributed by atoms with Crippen LogP contribution in [0.2, 0.25) is 0 Å². The van der Waals surface area contributed by atoms with Gasteiger partial charge in [-0.15, -0.1) is 0 Å². The molecular formula is C12H19N3O6. The number of nitrogens with zero attached hydrogens (tertiary/aromatic N) is 3. The summed E-state index contributed by atoms with van der Waals surface area (Å²) in [5.74, 6) is -1.29. The predicted molar refractivity (Wildman–Crippen MR) is 70.0 cm³/mol. The average molecular weight is 301 g/mol. The molecule has 0 aliphatic carbocycles. The maximum atomic E-state index is 11.1. The summed E-state index contributed by atoms with van der Waals surface area (Å²) in [4.78, 5) is 24.8. The Bertz CT molecular complexity index is 437. The second kappa shape index (κ2) is 7.82. The largest absolute Gasteiger partial charge is 0.463 e. The minimum Gasteiger partial charge on any atom is -0.463 e. The van der Waals surface area contributed by atoms with Crippen LogP contribution in [0.3, 0.4) is 0 Å². The Balaban J connectivity index is 2.95. The Morgan fingerprint density at radius 2 is 2.00 bits per heavy atom. The highest BCUT2D eigenvalue weighted by Crippen LogP contribution is 2.31. The number of ether oxygens (including phenoxy) is 4. The Hall–Kier alpha value is -1.83. The van der Waals surface area contributed by atoms with Gasteiger partial charge in [-0.1, -0.05) is 12.0 Å². The fourth-order valence-electron chi connectivity index (χ4n) is 2.18. The van der Waals surface area contributed by atoms with Crippen LogP contribution in [0.25, 0.3) is 10.4 Å². The van der Waals surface area contributed by atoms with E-state index in [0.29, 0.717) is 0 Å². The van der Waals surface area contributed by atoms with Crippen molar-refractivity contribution in [3.8, 4) is 0 Å². The molecule has 0 saturated carbocycles. The molecule has 0 radical (unpaired) electrons. The Labute approximate surface area is 122 Å². The smallest absolute Gasteiger partial charge is 0.305 e. The molecule has 0 aromatic carbocycles. The molecule has 0 aromatic rings. The van der Waals surface area contributed by atoms with Gasteiger partial charge in [-0.3, -0.25) is 9.59 Å². The second-order valence-electron chi connectivity index (χ2n) is 4.71. The zero-order valence-electron chi connectivity index (χ0n) is 12.4. The second-order valence-corrected chi connectivity index (χ2v) is 4.71. The summed E-state index contributed by atoms with van der Waals surface area (Å²) in [6.07, 6.45) is -2.33. The van der Waals surface area contributed by atoms with Crippen LogP contribution in [0.5, 0.6) is 0 Å². The summed E-state index contributed by atoms with van der Waals surface area (Å²) >= 11 is 0. The lowest BCUT2D eigenvalue weighted by Crippen LogP contribution is -2.55. The van der Waals surface area contributed by atoms with Crippen molar-refractivity contribution < 1.29 is 28.5 Å². The van der Waals surface area contributed by atoms with E-state index in [1.807, 2.05) is 0 Å². The van der Waals surface area contributed by atoms with Gasteiger partial charge in [0.25, 0.3) is 0 Å². The molecule has 1 aliphatic rings. The molecule has 5 atom stereocenters. The third-order valence-electron chi connectivity index (χ3n) is 3.23. The van der Waals surface area contributed by atoms with Crippen molar-refractivity contribution in [1.29, 1.82) is 0 Å². The van der Waals surface area contributed by atoms with Gasteiger partial charge >= 0.3 is 11.9 Å². The highest BCUT2D eigenvalue weighted by molar-refractivity contribution is 5.66. The summed E-state index contributed by atoms with van der Waals surface area (Å²) in [6, 6.07) is -0.612. The molecule has 0 spiro atoms. The maximum absolute atomic E-state index is 11.1. The molecule has 118 valence electrons. The molecule has 3 unspecified atom stereocenters. The van der Waals surface area contributed by atoms with Crippen molar-refractivity contribution in [2.75, 3.05) is 13.7 Å². The van der Waals surface area contributed by atoms with Gasteiger partial charge in [0.1, 0.15) is 12.7 Å². The van der Waals surface area contributed by atoms with E-state index in [-0.39, 0.29) is 12.5 Å². The lowest BCUT2D eigenvalue weighted by Gasteiger charge is -2.42. The van der Waals surface area contributed by atoms with Crippen LogP contribution >= 0.6 is 0 Å². The normalized spacial score (nSPS) is 31.9. The van der Waals surface area contributed by atoms with Gasteiger partial charge in [-0.25, -0.2) is 0 Å². The lowest BCUT2D eigenvalue weighted by molar-refractivity contribution is -0.261. The van der Waals surface area contributed by atoms with E-state index >= 15 is 0 Å². The van der Waals surface area contributed by atoms with E-state index in [2.05, 4.69) is 10.0 Å². The highest BCUT2D eigenvalue weighted by atomic mass is 16.7. The fraction of sp³-hybridized carbons (Fsp3) is 0.833. The van der Waals surface area contributed by atoms with Crippen LogP contribution in [-0.2, 0) is 28.5 Å². The van der Waals surface area contributed by atoms with E-state index in [1.54, 1.807) is 6.92 Å². The molecule has 0 aromatic heterocycles.